The van der Waals surface area contributed by atoms with Crippen LogP contribution < -0.4 is 16.4 Å². The fourth-order valence-corrected chi connectivity index (χ4v) is 2.41. The average molecular weight is 270 g/mol. The summed E-state index contributed by atoms with van der Waals surface area (Å²) in [4.78, 5) is 2.44. The highest BCUT2D eigenvalue weighted by Gasteiger charge is 2.12. The summed E-state index contributed by atoms with van der Waals surface area (Å²) in [6.07, 6.45) is 4.60. The van der Waals surface area contributed by atoms with Crippen LogP contribution in [0.4, 0.5) is 5.69 Å². The summed E-state index contributed by atoms with van der Waals surface area (Å²) >= 11 is 0. The Morgan fingerprint density at radius 3 is 2.28 bits per heavy atom. The van der Waals surface area contributed by atoms with Gasteiger partial charge in [0.15, 0.2) is 0 Å². The van der Waals surface area contributed by atoms with Gasteiger partial charge in [-0.05, 0) is 49.9 Å². The number of hydrogen-bond acceptors (Lipinski definition) is 3. The Morgan fingerprint density at radius 2 is 1.72 bits per heavy atom. The SMILES string of the molecule is Cl.NCCC[C@H](N)c1ccc(N2CCCC2)cc1. The van der Waals surface area contributed by atoms with E-state index in [9.17, 15) is 0 Å². The molecule has 102 valence electrons. The van der Waals surface area contributed by atoms with Crippen LogP contribution >= 0.6 is 12.4 Å². The molecule has 18 heavy (non-hydrogen) atoms. The highest BCUT2D eigenvalue weighted by Crippen LogP contribution is 2.23. The lowest BCUT2D eigenvalue weighted by atomic mass is 10.0. The van der Waals surface area contributed by atoms with Gasteiger partial charge >= 0.3 is 0 Å². The molecule has 0 radical (unpaired) electrons. The van der Waals surface area contributed by atoms with Gasteiger partial charge in [-0.25, -0.2) is 0 Å². The molecule has 1 saturated heterocycles. The predicted molar refractivity (Wildman–Crippen MR) is 80.4 cm³/mol. The highest BCUT2D eigenvalue weighted by molar-refractivity contribution is 5.85. The van der Waals surface area contributed by atoms with Crippen LogP contribution in [0.5, 0.6) is 0 Å². The van der Waals surface area contributed by atoms with Gasteiger partial charge < -0.3 is 16.4 Å². The largest absolute Gasteiger partial charge is 0.372 e. The average Bonchev–Trinajstić information content (AvgIpc) is 2.90. The van der Waals surface area contributed by atoms with E-state index in [-0.39, 0.29) is 18.4 Å². The van der Waals surface area contributed by atoms with E-state index in [2.05, 4.69) is 29.2 Å². The Kier molecular flexibility index (Phi) is 6.47. The summed E-state index contributed by atoms with van der Waals surface area (Å²) < 4.78 is 0. The van der Waals surface area contributed by atoms with Crippen LogP contribution in [0.15, 0.2) is 24.3 Å². The van der Waals surface area contributed by atoms with Crippen LogP contribution in [-0.4, -0.2) is 19.6 Å². The number of hydrogen-bond donors (Lipinski definition) is 2. The van der Waals surface area contributed by atoms with Crippen molar-refractivity contribution in [3.05, 3.63) is 29.8 Å². The second-order valence-corrected chi connectivity index (χ2v) is 4.82. The lowest BCUT2D eigenvalue weighted by Gasteiger charge is -2.19. The summed E-state index contributed by atoms with van der Waals surface area (Å²) in [5, 5.41) is 0. The number of benzene rings is 1. The third-order valence-electron chi connectivity index (χ3n) is 3.51. The summed E-state index contributed by atoms with van der Waals surface area (Å²) in [7, 11) is 0. The molecule has 0 aliphatic carbocycles. The predicted octanol–water partition coefficient (Wildman–Crippen LogP) is 2.45. The first kappa shape index (κ1) is 15.3. The standard InChI is InChI=1S/C14H23N3.ClH/c15-9-3-4-14(16)12-5-7-13(8-6-12)17-10-1-2-11-17;/h5-8,14H,1-4,9-11,15-16H2;1H/t14-;/m0./s1. The molecule has 0 saturated carbocycles. The first-order valence-electron chi connectivity index (χ1n) is 6.62. The van der Waals surface area contributed by atoms with Gasteiger partial charge in [-0.15, -0.1) is 12.4 Å². The smallest absolute Gasteiger partial charge is 0.0366 e. The maximum atomic E-state index is 6.12. The molecule has 3 nitrogen and oxygen atoms in total. The van der Waals surface area contributed by atoms with Crippen LogP contribution in [-0.2, 0) is 0 Å². The zero-order valence-corrected chi connectivity index (χ0v) is 11.7. The van der Waals surface area contributed by atoms with Gasteiger partial charge in [-0.3, -0.25) is 0 Å². The van der Waals surface area contributed by atoms with E-state index in [4.69, 9.17) is 11.5 Å². The third-order valence-corrected chi connectivity index (χ3v) is 3.51. The molecular formula is C14H24ClN3. The van der Waals surface area contributed by atoms with Crippen LogP contribution in [0.25, 0.3) is 0 Å². The van der Waals surface area contributed by atoms with Crippen LogP contribution in [0, 0.1) is 0 Å². The monoisotopic (exact) mass is 269 g/mol. The molecule has 1 aromatic carbocycles. The van der Waals surface area contributed by atoms with E-state index >= 15 is 0 Å². The minimum Gasteiger partial charge on any atom is -0.372 e. The molecule has 0 aromatic heterocycles. The van der Waals surface area contributed by atoms with Gasteiger partial charge in [0.25, 0.3) is 0 Å². The zero-order valence-electron chi connectivity index (χ0n) is 10.8. The number of anilines is 1. The van der Waals surface area contributed by atoms with Gasteiger partial charge in [-0.2, -0.15) is 0 Å². The van der Waals surface area contributed by atoms with Crippen molar-refractivity contribution >= 4 is 18.1 Å². The Bertz CT molecular complexity index is 333. The molecule has 0 spiro atoms. The summed E-state index contributed by atoms with van der Waals surface area (Å²) in [6.45, 7) is 3.11. The molecule has 4 N–H and O–H groups in total. The Hall–Kier alpha value is -0.770. The van der Waals surface area contributed by atoms with Crippen molar-refractivity contribution in [2.75, 3.05) is 24.5 Å². The molecular weight excluding hydrogens is 246 g/mol. The maximum Gasteiger partial charge on any atom is 0.0366 e. The molecule has 1 aliphatic heterocycles. The molecule has 0 bridgehead atoms. The van der Waals surface area contributed by atoms with Crippen LogP contribution in [0.1, 0.15) is 37.3 Å². The Morgan fingerprint density at radius 1 is 1.11 bits per heavy atom. The van der Waals surface area contributed by atoms with E-state index < -0.39 is 0 Å². The number of rotatable bonds is 5. The fourth-order valence-electron chi connectivity index (χ4n) is 2.41. The van der Waals surface area contributed by atoms with E-state index in [1.807, 2.05) is 0 Å². The molecule has 1 aliphatic rings. The summed E-state index contributed by atoms with van der Waals surface area (Å²) in [5.74, 6) is 0. The van der Waals surface area contributed by atoms with Crippen molar-refractivity contribution in [3.8, 4) is 0 Å². The molecule has 1 atom stereocenters. The van der Waals surface area contributed by atoms with Gasteiger partial charge in [0, 0.05) is 24.8 Å². The van der Waals surface area contributed by atoms with Gasteiger partial charge in [-0.1, -0.05) is 12.1 Å². The second-order valence-electron chi connectivity index (χ2n) is 4.82. The van der Waals surface area contributed by atoms with E-state index in [1.54, 1.807) is 0 Å². The summed E-state index contributed by atoms with van der Waals surface area (Å²) in [5.41, 5.74) is 14.2. The normalized spacial score (nSPS) is 16.4. The topological polar surface area (TPSA) is 55.3 Å². The Labute approximate surface area is 116 Å². The minimum absolute atomic E-state index is 0. The lowest BCUT2D eigenvalue weighted by molar-refractivity contribution is 0.618. The number of nitrogens with zero attached hydrogens (tertiary/aromatic N) is 1. The van der Waals surface area contributed by atoms with Crippen molar-refractivity contribution in [1.82, 2.24) is 0 Å². The number of nitrogens with two attached hydrogens (primary N) is 2. The number of halogens is 1. The van der Waals surface area contributed by atoms with Crippen molar-refractivity contribution in [2.45, 2.75) is 31.7 Å². The van der Waals surface area contributed by atoms with Gasteiger partial charge in [0.05, 0.1) is 0 Å². The highest BCUT2D eigenvalue weighted by atomic mass is 35.5. The van der Waals surface area contributed by atoms with Crippen LogP contribution in [0.2, 0.25) is 0 Å². The van der Waals surface area contributed by atoms with E-state index in [0.29, 0.717) is 0 Å². The fraction of sp³-hybridized carbons (Fsp3) is 0.571. The van der Waals surface area contributed by atoms with Crippen molar-refractivity contribution in [3.63, 3.8) is 0 Å². The zero-order chi connectivity index (χ0) is 12.1. The first-order valence-corrected chi connectivity index (χ1v) is 6.62. The quantitative estimate of drug-likeness (QED) is 0.863. The second kappa shape index (κ2) is 7.62. The summed E-state index contributed by atoms with van der Waals surface area (Å²) in [6, 6.07) is 8.85. The molecule has 2 rings (SSSR count). The lowest BCUT2D eigenvalue weighted by Crippen LogP contribution is -2.18. The third kappa shape index (κ3) is 3.87. The van der Waals surface area contributed by atoms with Gasteiger partial charge in [0.2, 0.25) is 0 Å². The Balaban J connectivity index is 0.00000162. The first-order chi connectivity index (χ1) is 8.31. The van der Waals surface area contributed by atoms with E-state index in [0.717, 1.165) is 19.4 Å². The van der Waals surface area contributed by atoms with Gasteiger partial charge in [0.1, 0.15) is 0 Å². The van der Waals surface area contributed by atoms with Crippen LogP contribution in [0.3, 0.4) is 0 Å². The molecule has 0 amide bonds. The molecule has 4 heteroatoms. The van der Waals surface area contributed by atoms with Crippen molar-refractivity contribution in [2.24, 2.45) is 11.5 Å². The molecule has 1 heterocycles. The molecule has 0 unspecified atom stereocenters. The van der Waals surface area contributed by atoms with Crippen molar-refractivity contribution < 1.29 is 0 Å². The maximum absolute atomic E-state index is 6.12. The molecule has 1 aromatic rings. The molecule has 1 fully saturated rings. The van der Waals surface area contributed by atoms with E-state index in [1.165, 1.54) is 37.2 Å². The van der Waals surface area contributed by atoms with Crippen molar-refractivity contribution in [1.29, 1.82) is 0 Å². The minimum atomic E-state index is 0.